The molecule has 2 aromatic rings. The number of anilines is 1. The minimum absolute atomic E-state index is 0.585. The highest BCUT2D eigenvalue weighted by Gasteiger charge is 2.00. The smallest absolute Gasteiger partial charge is 0.168 e. The predicted octanol–water partition coefficient (Wildman–Crippen LogP) is 2.76. The molecular weight excluding hydrogens is 188 g/mol. The van der Waals surface area contributed by atoms with Crippen molar-refractivity contribution in [1.82, 2.24) is 4.98 Å². The van der Waals surface area contributed by atoms with Gasteiger partial charge in [-0.2, -0.15) is 0 Å². The van der Waals surface area contributed by atoms with Gasteiger partial charge in [0.05, 0.1) is 11.9 Å². The molecule has 1 aromatic heterocycles. The van der Waals surface area contributed by atoms with Gasteiger partial charge in [-0.25, -0.2) is 0 Å². The zero-order chi connectivity index (χ0) is 10.7. The van der Waals surface area contributed by atoms with Crippen molar-refractivity contribution < 1.29 is 4.74 Å². The van der Waals surface area contributed by atoms with E-state index in [0.29, 0.717) is 11.4 Å². The maximum absolute atomic E-state index is 5.73. The Labute approximate surface area is 88.5 Å². The lowest BCUT2D eigenvalue weighted by Crippen LogP contribution is -1.92. The topological polar surface area (TPSA) is 48.1 Å². The lowest BCUT2D eigenvalue weighted by atomic mass is 10.2. The van der Waals surface area contributed by atoms with Crippen molar-refractivity contribution in [2.75, 3.05) is 5.73 Å². The van der Waals surface area contributed by atoms with Crippen LogP contribution in [0.3, 0.4) is 0 Å². The fourth-order valence-electron chi connectivity index (χ4n) is 1.21. The number of aryl methyl sites for hydroxylation is 1. The van der Waals surface area contributed by atoms with Crippen LogP contribution in [-0.4, -0.2) is 4.98 Å². The second-order valence-electron chi connectivity index (χ2n) is 3.33. The summed E-state index contributed by atoms with van der Waals surface area (Å²) < 4.78 is 5.58. The lowest BCUT2D eigenvalue weighted by Gasteiger charge is -2.07. The number of nitrogens with two attached hydrogens (primary N) is 1. The Morgan fingerprint density at radius 1 is 1.13 bits per heavy atom. The molecule has 1 heterocycles. The van der Waals surface area contributed by atoms with Crippen LogP contribution in [-0.2, 0) is 0 Å². The molecule has 0 amide bonds. The maximum atomic E-state index is 5.73. The number of nitrogen functional groups attached to an aromatic ring is 1. The first-order valence-electron chi connectivity index (χ1n) is 4.70. The molecule has 0 radical (unpaired) electrons. The first-order chi connectivity index (χ1) is 7.25. The molecule has 0 spiro atoms. The summed E-state index contributed by atoms with van der Waals surface area (Å²) in [5, 5.41) is 0. The van der Waals surface area contributed by atoms with Gasteiger partial charge < -0.3 is 10.5 Å². The first kappa shape index (κ1) is 9.52. The third-order valence-electron chi connectivity index (χ3n) is 2.07. The van der Waals surface area contributed by atoms with Crippen LogP contribution in [0.15, 0.2) is 42.7 Å². The summed E-state index contributed by atoms with van der Waals surface area (Å²) in [5.41, 5.74) is 7.52. The van der Waals surface area contributed by atoms with Crippen molar-refractivity contribution in [3.63, 3.8) is 0 Å². The van der Waals surface area contributed by atoms with Crippen LogP contribution < -0.4 is 10.5 Å². The van der Waals surface area contributed by atoms with Gasteiger partial charge in [0.25, 0.3) is 0 Å². The molecule has 0 saturated heterocycles. The van der Waals surface area contributed by atoms with Gasteiger partial charge in [-0.15, -0.1) is 0 Å². The third kappa shape index (κ3) is 2.26. The molecule has 0 fully saturated rings. The van der Waals surface area contributed by atoms with Gasteiger partial charge in [0.2, 0.25) is 0 Å². The molecule has 0 aliphatic heterocycles. The highest BCUT2D eigenvalue weighted by molar-refractivity contribution is 5.51. The van der Waals surface area contributed by atoms with Crippen molar-refractivity contribution in [1.29, 1.82) is 0 Å². The Morgan fingerprint density at radius 2 is 1.87 bits per heavy atom. The van der Waals surface area contributed by atoms with Crippen molar-refractivity contribution in [3.8, 4) is 11.5 Å². The minimum Gasteiger partial charge on any atom is -0.454 e. The highest BCUT2D eigenvalue weighted by Crippen LogP contribution is 2.25. The van der Waals surface area contributed by atoms with Crippen molar-refractivity contribution in [2.45, 2.75) is 6.92 Å². The number of ether oxygens (including phenoxy) is 1. The summed E-state index contributed by atoms with van der Waals surface area (Å²) in [6, 6.07) is 9.50. The molecule has 0 aliphatic carbocycles. The van der Waals surface area contributed by atoms with Crippen molar-refractivity contribution >= 4 is 5.69 Å². The molecule has 0 aliphatic rings. The molecule has 2 N–H and O–H groups in total. The van der Waals surface area contributed by atoms with Gasteiger partial charge in [0, 0.05) is 6.20 Å². The monoisotopic (exact) mass is 200 g/mol. The van der Waals surface area contributed by atoms with Crippen molar-refractivity contribution in [2.24, 2.45) is 0 Å². The van der Waals surface area contributed by atoms with E-state index in [1.165, 1.54) is 5.56 Å². The van der Waals surface area contributed by atoms with Crippen LogP contribution in [0.5, 0.6) is 11.5 Å². The van der Waals surface area contributed by atoms with Crippen LogP contribution in [0.2, 0.25) is 0 Å². The van der Waals surface area contributed by atoms with Crippen LogP contribution in [0.25, 0.3) is 0 Å². The molecule has 0 atom stereocenters. The zero-order valence-corrected chi connectivity index (χ0v) is 8.47. The number of aromatic nitrogens is 1. The summed E-state index contributed by atoms with van der Waals surface area (Å²) in [7, 11) is 0. The number of pyridine rings is 1. The zero-order valence-electron chi connectivity index (χ0n) is 8.47. The Morgan fingerprint density at radius 3 is 2.53 bits per heavy atom. The van der Waals surface area contributed by atoms with E-state index in [1.807, 2.05) is 31.2 Å². The number of nitrogens with zero attached hydrogens (tertiary/aromatic N) is 1. The molecule has 2 rings (SSSR count). The van der Waals surface area contributed by atoms with Gasteiger partial charge in [-0.1, -0.05) is 17.7 Å². The van der Waals surface area contributed by atoms with Crippen molar-refractivity contribution in [3.05, 3.63) is 48.3 Å². The van der Waals surface area contributed by atoms with E-state index in [9.17, 15) is 0 Å². The van der Waals surface area contributed by atoms with Crippen LogP contribution >= 0.6 is 0 Å². The molecule has 0 saturated carbocycles. The fourth-order valence-corrected chi connectivity index (χ4v) is 1.21. The number of benzene rings is 1. The highest BCUT2D eigenvalue weighted by atomic mass is 16.5. The van der Waals surface area contributed by atoms with Gasteiger partial charge in [0.1, 0.15) is 5.75 Å². The quantitative estimate of drug-likeness (QED) is 0.810. The van der Waals surface area contributed by atoms with Crippen LogP contribution in [0.4, 0.5) is 5.69 Å². The molecule has 3 heteroatoms. The van der Waals surface area contributed by atoms with E-state index in [0.717, 1.165) is 5.75 Å². The number of hydrogen-bond donors (Lipinski definition) is 1. The normalized spacial score (nSPS) is 9.93. The molecular formula is C12H12N2O. The molecule has 1 aromatic carbocycles. The van der Waals surface area contributed by atoms with Gasteiger partial charge in [0.15, 0.2) is 5.75 Å². The average molecular weight is 200 g/mol. The van der Waals surface area contributed by atoms with Gasteiger partial charge in [-0.3, -0.25) is 4.98 Å². The fraction of sp³-hybridized carbons (Fsp3) is 0.0833. The van der Waals surface area contributed by atoms with Gasteiger partial charge >= 0.3 is 0 Å². The Bertz CT molecular complexity index is 451. The lowest BCUT2D eigenvalue weighted by molar-refractivity contribution is 0.482. The summed E-state index contributed by atoms with van der Waals surface area (Å²) in [6.07, 6.45) is 3.24. The standard InChI is InChI=1S/C12H12N2O/c1-9-2-4-10(5-3-9)15-12-8-14-7-6-11(12)13/h2-8H,1H3,(H2,13,14). The SMILES string of the molecule is Cc1ccc(Oc2cnccc2N)cc1. The number of rotatable bonds is 2. The molecule has 0 bridgehead atoms. The predicted molar refractivity (Wildman–Crippen MR) is 59.9 cm³/mol. The summed E-state index contributed by atoms with van der Waals surface area (Å²) >= 11 is 0. The maximum Gasteiger partial charge on any atom is 0.168 e. The molecule has 15 heavy (non-hydrogen) atoms. The average Bonchev–Trinajstić information content (AvgIpc) is 2.25. The Balaban J connectivity index is 2.22. The second-order valence-corrected chi connectivity index (χ2v) is 3.33. The molecule has 3 nitrogen and oxygen atoms in total. The van der Waals surface area contributed by atoms with E-state index < -0.39 is 0 Å². The second kappa shape index (κ2) is 4.00. The van der Waals surface area contributed by atoms with Crippen LogP contribution in [0.1, 0.15) is 5.56 Å². The van der Waals surface area contributed by atoms with E-state index in [1.54, 1.807) is 18.5 Å². The third-order valence-corrected chi connectivity index (χ3v) is 2.07. The summed E-state index contributed by atoms with van der Waals surface area (Å²) in [4.78, 5) is 3.95. The van der Waals surface area contributed by atoms with E-state index >= 15 is 0 Å². The number of hydrogen-bond acceptors (Lipinski definition) is 3. The largest absolute Gasteiger partial charge is 0.454 e. The molecule has 76 valence electrons. The van der Waals surface area contributed by atoms with E-state index in [2.05, 4.69) is 4.98 Å². The minimum atomic E-state index is 0.585. The summed E-state index contributed by atoms with van der Waals surface area (Å²) in [5.74, 6) is 1.35. The van der Waals surface area contributed by atoms with E-state index in [-0.39, 0.29) is 0 Å². The van der Waals surface area contributed by atoms with E-state index in [4.69, 9.17) is 10.5 Å². The van der Waals surface area contributed by atoms with Gasteiger partial charge in [-0.05, 0) is 25.1 Å². The molecule has 0 unspecified atom stereocenters. The Kier molecular flexibility index (Phi) is 2.54. The first-order valence-corrected chi connectivity index (χ1v) is 4.70. The Hall–Kier alpha value is -2.03. The van der Waals surface area contributed by atoms with Crippen LogP contribution in [0, 0.1) is 6.92 Å². The summed E-state index contributed by atoms with van der Waals surface area (Å²) in [6.45, 7) is 2.03.